The smallest absolute Gasteiger partial charge is 0.130 e. The summed E-state index contributed by atoms with van der Waals surface area (Å²) in [5.74, 6) is 0. The maximum Gasteiger partial charge on any atom is 0.130 e. The molecule has 1 heteroatoms. The van der Waals surface area contributed by atoms with E-state index in [0.717, 1.165) is 22.3 Å². The van der Waals surface area contributed by atoms with E-state index in [9.17, 15) is 4.39 Å². The predicted molar refractivity (Wildman–Crippen MR) is 82.8 cm³/mol. The quantitative estimate of drug-likeness (QED) is 0.597. The molecule has 0 unspecified atom stereocenters. The molecule has 0 saturated heterocycles. The summed E-state index contributed by atoms with van der Waals surface area (Å²) < 4.78 is 13.9. The topological polar surface area (TPSA) is 0 Å². The van der Waals surface area contributed by atoms with Crippen molar-refractivity contribution in [3.8, 4) is 0 Å². The van der Waals surface area contributed by atoms with Crippen LogP contribution in [0.25, 0.3) is 5.57 Å². The van der Waals surface area contributed by atoms with Crippen molar-refractivity contribution in [2.75, 3.05) is 0 Å². The lowest BCUT2D eigenvalue weighted by atomic mass is 9.95. The van der Waals surface area contributed by atoms with Crippen molar-refractivity contribution in [3.05, 3.63) is 65.3 Å². The molecule has 0 spiro atoms. The number of halogens is 1. The van der Waals surface area contributed by atoms with Gasteiger partial charge in [0.1, 0.15) is 5.67 Å². The number of benzene rings is 1. The second-order valence-electron chi connectivity index (χ2n) is 5.53. The normalized spacial score (nSPS) is 13.6. The fraction of sp³-hybridized carbons (Fsp3) is 0.333. The molecule has 1 rings (SSSR count). The molecule has 102 valence electrons. The van der Waals surface area contributed by atoms with Gasteiger partial charge in [-0.1, -0.05) is 42.5 Å². The van der Waals surface area contributed by atoms with E-state index in [1.165, 1.54) is 0 Å². The van der Waals surface area contributed by atoms with Crippen molar-refractivity contribution in [2.45, 2.75) is 40.3 Å². The molecule has 0 nitrogen and oxygen atoms in total. The molecule has 0 aliphatic rings. The average molecular weight is 258 g/mol. The Morgan fingerprint density at radius 1 is 1.16 bits per heavy atom. The van der Waals surface area contributed by atoms with Gasteiger partial charge >= 0.3 is 0 Å². The first-order valence-electron chi connectivity index (χ1n) is 6.52. The molecule has 0 aliphatic heterocycles. The summed E-state index contributed by atoms with van der Waals surface area (Å²) >= 11 is 0. The summed E-state index contributed by atoms with van der Waals surface area (Å²) in [6.45, 7) is 13.1. The maximum absolute atomic E-state index is 13.9. The van der Waals surface area contributed by atoms with Gasteiger partial charge in [0.2, 0.25) is 0 Å². The zero-order valence-corrected chi connectivity index (χ0v) is 12.5. The highest BCUT2D eigenvalue weighted by Gasteiger charge is 2.18. The van der Waals surface area contributed by atoms with Gasteiger partial charge in [-0.3, -0.25) is 0 Å². The Morgan fingerprint density at radius 2 is 1.79 bits per heavy atom. The van der Waals surface area contributed by atoms with Crippen LogP contribution in [0.3, 0.4) is 0 Å². The van der Waals surface area contributed by atoms with Crippen molar-refractivity contribution in [1.82, 2.24) is 0 Å². The van der Waals surface area contributed by atoms with Crippen LogP contribution in [-0.2, 0) is 5.67 Å². The molecule has 1 aromatic carbocycles. The minimum atomic E-state index is -1.31. The molecule has 0 bridgehead atoms. The monoisotopic (exact) mass is 258 g/mol. The second-order valence-corrected chi connectivity index (χ2v) is 5.53. The number of hydrogen-bond donors (Lipinski definition) is 0. The third kappa shape index (κ3) is 4.51. The van der Waals surface area contributed by atoms with Crippen LogP contribution in [0.15, 0.2) is 54.1 Å². The molecular weight excluding hydrogens is 235 g/mol. The molecule has 0 amide bonds. The lowest BCUT2D eigenvalue weighted by Gasteiger charge is -2.15. The van der Waals surface area contributed by atoms with E-state index in [2.05, 4.69) is 6.58 Å². The number of allylic oxidation sites excluding steroid dienone is 5. The average Bonchev–Trinajstić information content (AvgIpc) is 2.34. The third-order valence-electron chi connectivity index (χ3n) is 3.26. The van der Waals surface area contributed by atoms with Gasteiger partial charge in [-0.15, -0.1) is 0 Å². The largest absolute Gasteiger partial charge is 0.239 e. The second kappa shape index (κ2) is 6.01. The minimum absolute atomic E-state index is 0.707. The minimum Gasteiger partial charge on any atom is -0.239 e. The number of rotatable bonds is 4. The molecule has 0 heterocycles. The van der Waals surface area contributed by atoms with Crippen LogP contribution in [0.4, 0.5) is 4.39 Å². The summed E-state index contributed by atoms with van der Waals surface area (Å²) in [6.07, 6.45) is 4.10. The van der Waals surface area contributed by atoms with E-state index in [1.54, 1.807) is 13.8 Å². The summed E-state index contributed by atoms with van der Waals surface area (Å²) in [4.78, 5) is 0. The van der Waals surface area contributed by atoms with Crippen molar-refractivity contribution in [1.29, 1.82) is 0 Å². The van der Waals surface area contributed by atoms with Crippen LogP contribution in [-0.4, -0.2) is 0 Å². The van der Waals surface area contributed by atoms with Crippen LogP contribution in [0.1, 0.15) is 45.7 Å². The zero-order valence-electron chi connectivity index (χ0n) is 12.5. The SMILES string of the molecule is C=C(C)/C(C)=C\C=C(/C)c1cccc(C(C)(C)F)c1. The van der Waals surface area contributed by atoms with Crippen molar-refractivity contribution >= 4 is 5.57 Å². The van der Waals surface area contributed by atoms with Gasteiger partial charge in [0, 0.05) is 0 Å². The van der Waals surface area contributed by atoms with E-state index in [-0.39, 0.29) is 0 Å². The van der Waals surface area contributed by atoms with E-state index in [0.29, 0.717) is 5.56 Å². The molecule has 0 saturated carbocycles. The van der Waals surface area contributed by atoms with Crippen molar-refractivity contribution in [2.24, 2.45) is 0 Å². The summed E-state index contributed by atoms with van der Waals surface area (Å²) in [5, 5.41) is 0. The first-order chi connectivity index (χ1) is 8.71. The van der Waals surface area contributed by atoms with Crippen LogP contribution >= 0.6 is 0 Å². The van der Waals surface area contributed by atoms with Crippen LogP contribution in [0.5, 0.6) is 0 Å². The molecule has 0 atom stereocenters. The van der Waals surface area contributed by atoms with Gasteiger partial charge in [-0.05, 0) is 63.0 Å². The molecule has 0 aromatic heterocycles. The zero-order chi connectivity index (χ0) is 14.6. The van der Waals surface area contributed by atoms with E-state index in [4.69, 9.17) is 0 Å². The molecule has 0 radical (unpaired) electrons. The summed E-state index contributed by atoms with van der Waals surface area (Å²) in [6, 6.07) is 7.64. The number of alkyl halides is 1. The lowest BCUT2D eigenvalue weighted by molar-refractivity contribution is 0.221. The maximum atomic E-state index is 13.9. The standard InChI is InChI=1S/C18H23F/c1-13(2)14(3)10-11-15(4)16-8-7-9-17(12-16)18(5,6)19/h7-12H,1H2,2-6H3/b14-10-,15-11+. The van der Waals surface area contributed by atoms with Gasteiger partial charge in [-0.25, -0.2) is 4.39 Å². The molecule has 0 fully saturated rings. The van der Waals surface area contributed by atoms with Crippen LogP contribution in [0.2, 0.25) is 0 Å². The Kier molecular flexibility index (Phi) is 4.88. The summed E-state index contributed by atoms with van der Waals surface area (Å²) in [5.41, 5.74) is 3.78. The summed E-state index contributed by atoms with van der Waals surface area (Å²) in [7, 11) is 0. The highest BCUT2D eigenvalue weighted by atomic mass is 19.1. The Balaban J connectivity index is 3.07. The predicted octanol–water partition coefficient (Wildman–Crippen LogP) is 5.82. The highest BCUT2D eigenvalue weighted by molar-refractivity contribution is 5.66. The van der Waals surface area contributed by atoms with Gasteiger partial charge in [0.25, 0.3) is 0 Å². The van der Waals surface area contributed by atoms with Gasteiger partial charge < -0.3 is 0 Å². The van der Waals surface area contributed by atoms with Gasteiger partial charge in [-0.2, -0.15) is 0 Å². The number of hydrogen-bond acceptors (Lipinski definition) is 0. The first kappa shape index (κ1) is 15.4. The molecule has 0 N–H and O–H groups in total. The van der Waals surface area contributed by atoms with Crippen LogP contribution < -0.4 is 0 Å². The first-order valence-corrected chi connectivity index (χ1v) is 6.52. The Hall–Kier alpha value is -1.63. The van der Waals surface area contributed by atoms with E-state index >= 15 is 0 Å². The fourth-order valence-electron chi connectivity index (χ4n) is 1.62. The molecule has 19 heavy (non-hydrogen) atoms. The van der Waals surface area contributed by atoms with Gasteiger partial charge in [0.15, 0.2) is 0 Å². The molecular formula is C18H23F. The Bertz CT molecular complexity index is 525. The fourth-order valence-corrected chi connectivity index (χ4v) is 1.62. The molecule has 0 aliphatic carbocycles. The Labute approximate surface area is 116 Å². The van der Waals surface area contributed by atoms with Gasteiger partial charge in [0.05, 0.1) is 0 Å². The highest BCUT2D eigenvalue weighted by Crippen LogP contribution is 2.27. The third-order valence-corrected chi connectivity index (χ3v) is 3.26. The van der Waals surface area contributed by atoms with Crippen molar-refractivity contribution < 1.29 is 4.39 Å². The Morgan fingerprint density at radius 3 is 2.32 bits per heavy atom. The van der Waals surface area contributed by atoms with E-state index < -0.39 is 5.67 Å². The van der Waals surface area contributed by atoms with Crippen LogP contribution in [0, 0.1) is 0 Å². The lowest BCUT2D eigenvalue weighted by Crippen LogP contribution is -2.08. The van der Waals surface area contributed by atoms with Crippen molar-refractivity contribution in [3.63, 3.8) is 0 Å². The molecule has 1 aromatic rings. The van der Waals surface area contributed by atoms with E-state index in [1.807, 2.05) is 57.2 Å².